The fraction of sp³-hybridized carbons (Fsp3) is 0.143. The molecule has 0 aliphatic heterocycles. The van der Waals surface area contributed by atoms with Crippen molar-refractivity contribution in [3.05, 3.63) is 83.2 Å². The number of rotatable bonds is 8. The van der Waals surface area contributed by atoms with Crippen LogP contribution in [0.2, 0.25) is 0 Å². The first-order chi connectivity index (χ1) is 14.3. The van der Waals surface area contributed by atoms with Crippen molar-refractivity contribution >= 4 is 33.6 Å². The summed E-state index contributed by atoms with van der Waals surface area (Å²) in [7, 11) is 0. The average Bonchev–Trinajstić information content (AvgIpc) is 3.45. The number of hydrogen-bond donors (Lipinski definition) is 2. The summed E-state index contributed by atoms with van der Waals surface area (Å²) < 4.78 is 0. The van der Waals surface area contributed by atoms with Gasteiger partial charge in [0.25, 0.3) is 0 Å². The van der Waals surface area contributed by atoms with E-state index in [0.717, 1.165) is 26.8 Å². The number of amides is 1. The smallest absolute Gasteiger partial charge is 0.242 e. The highest BCUT2D eigenvalue weighted by molar-refractivity contribution is 7.19. The van der Waals surface area contributed by atoms with Crippen LogP contribution in [-0.2, 0) is 17.8 Å². The molecule has 8 heteroatoms. The summed E-state index contributed by atoms with van der Waals surface area (Å²) in [6.45, 7) is 0.541. The molecule has 146 valence electrons. The van der Waals surface area contributed by atoms with Gasteiger partial charge in [-0.3, -0.25) is 15.1 Å². The van der Waals surface area contributed by atoms with Crippen molar-refractivity contribution in [2.45, 2.75) is 19.0 Å². The van der Waals surface area contributed by atoms with Crippen LogP contribution in [0.15, 0.2) is 71.9 Å². The number of pyridine rings is 1. The van der Waals surface area contributed by atoms with Crippen molar-refractivity contribution in [2.75, 3.05) is 5.32 Å². The first-order valence-corrected chi connectivity index (χ1v) is 10.9. The van der Waals surface area contributed by atoms with Crippen molar-refractivity contribution in [1.82, 2.24) is 20.3 Å². The number of benzene rings is 1. The van der Waals surface area contributed by atoms with Crippen LogP contribution in [-0.4, -0.2) is 26.9 Å². The molecule has 6 nitrogen and oxygen atoms in total. The second-order valence-electron chi connectivity index (χ2n) is 6.36. The second kappa shape index (κ2) is 9.51. The highest BCUT2D eigenvalue weighted by Crippen LogP contribution is 2.28. The van der Waals surface area contributed by atoms with Gasteiger partial charge in [0.15, 0.2) is 0 Å². The summed E-state index contributed by atoms with van der Waals surface area (Å²) in [5.41, 5.74) is 4.80. The van der Waals surface area contributed by atoms with Gasteiger partial charge in [-0.1, -0.05) is 41.7 Å². The van der Waals surface area contributed by atoms with E-state index in [9.17, 15) is 4.79 Å². The Hall–Kier alpha value is -2.94. The third-order valence-electron chi connectivity index (χ3n) is 4.29. The van der Waals surface area contributed by atoms with Gasteiger partial charge in [0.2, 0.25) is 5.91 Å². The molecular weight excluding hydrogens is 402 g/mol. The van der Waals surface area contributed by atoms with Crippen molar-refractivity contribution in [3.8, 4) is 10.6 Å². The van der Waals surface area contributed by atoms with Gasteiger partial charge in [-0.15, -0.1) is 11.3 Å². The van der Waals surface area contributed by atoms with Crippen molar-refractivity contribution in [3.63, 3.8) is 0 Å². The molecule has 0 saturated carbocycles. The molecule has 1 aromatic carbocycles. The van der Waals surface area contributed by atoms with Gasteiger partial charge in [-0.25, -0.2) is 9.97 Å². The molecule has 29 heavy (non-hydrogen) atoms. The first kappa shape index (κ1) is 19.4. The van der Waals surface area contributed by atoms with Gasteiger partial charge < -0.3 is 5.32 Å². The van der Waals surface area contributed by atoms with E-state index in [1.807, 2.05) is 47.8 Å². The highest BCUT2D eigenvalue weighted by Gasteiger charge is 2.20. The van der Waals surface area contributed by atoms with Crippen molar-refractivity contribution in [1.29, 1.82) is 0 Å². The molecule has 0 aliphatic carbocycles. The van der Waals surface area contributed by atoms with E-state index in [2.05, 4.69) is 25.6 Å². The third kappa shape index (κ3) is 5.32. The average molecular weight is 422 g/mol. The standard InChI is InChI=1S/C21H19N5OS2/c27-20(26-19-12-24-21(29-19)16-6-8-22-9-7-16)18(10-15-4-2-1-3-5-15)23-11-17-13-28-14-25-17/h1-9,12-14,18,23H,10-11H2,(H,26,27)/t18-/m0/s1. The fourth-order valence-corrected chi connectivity index (χ4v) is 4.21. The van der Waals surface area contributed by atoms with Crippen LogP contribution >= 0.6 is 22.7 Å². The van der Waals surface area contributed by atoms with Crippen LogP contribution in [0, 0.1) is 0 Å². The molecule has 4 aromatic rings. The maximum Gasteiger partial charge on any atom is 0.242 e. The topological polar surface area (TPSA) is 79.8 Å². The van der Waals surface area contributed by atoms with Crippen LogP contribution in [0.4, 0.5) is 5.00 Å². The van der Waals surface area contributed by atoms with Crippen LogP contribution < -0.4 is 10.6 Å². The largest absolute Gasteiger partial charge is 0.315 e. The van der Waals surface area contributed by atoms with E-state index < -0.39 is 0 Å². The lowest BCUT2D eigenvalue weighted by Gasteiger charge is -2.17. The molecule has 3 heterocycles. The summed E-state index contributed by atoms with van der Waals surface area (Å²) in [6, 6.07) is 13.4. The number of hydrogen-bond acceptors (Lipinski definition) is 7. The van der Waals surface area contributed by atoms with E-state index in [-0.39, 0.29) is 11.9 Å². The number of nitrogens with one attached hydrogen (secondary N) is 2. The number of thiazole rings is 2. The van der Waals surface area contributed by atoms with E-state index in [0.29, 0.717) is 13.0 Å². The molecule has 0 bridgehead atoms. The molecule has 1 atom stereocenters. The van der Waals surface area contributed by atoms with Crippen molar-refractivity contribution in [2.24, 2.45) is 0 Å². The predicted octanol–water partition coefficient (Wildman–Crippen LogP) is 4.00. The Labute approximate surface area is 176 Å². The molecule has 0 aliphatic rings. The van der Waals surface area contributed by atoms with Gasteiger partial charge in [0.1, 0.15) is 10.0 Å². The monoisotopic (exact) mass is 421 g/mol. The second-order valence-corrected chi connectivity index (χ2v) is 8.11. The zero-order chi connectivity index (χ0) is 19.9. The molecule has 0 unspecified atom stereocenters. The Morgan fingerprint density at radius 3 is 2.66 bits per heavy atom. The van der Waals surface area contributed by atoms with Gasteiger partial charge in [-0.2, -0.15) is 0 Å². The zero-order valence-electron chi connectivity index (χ0n) is 15.5. The first-order valence-electron chi connectivity index (χ1n) is 9.09. The Morgan fingerprint density at radius 1 is 1.07 bits per heavy atom. The quantitative estimate of drug-likeness (QED) is 0.449. The lowest BCUT2D eigenvalue weighted by atomic mass is 10.1. The molecule has 2 N–H and O–H groups in total. The summed E-state index contributed by atoms with van der Waals surface area (Å²) in [5.74, 6) is -0.0889. The number of carbonyl (C=O) groups is 1. The van der Waals surface area contributed by atoms with Crippen LogP contribution in [0.1, 0.15) is 11.3 Å². The molecule has 3 aromatic heterocycles. The van der Waals surface area contributed by atoms with Gasteiger partial charge in [0.05, 0.1) is 23.4 Å². The Bertz CT molecular complexity index is 1040. The Kier molecular flexibility index (Phi) is 6.35. The number of nitrogens with zero attached hydrogens (tertiary/aromatic N) is 3. The highest BCUT2D eigenvalue weighted by atomic mass is 32.1. The van der Waals surface area contributed by atoms with Gasteiger partial charge in [-0.05, 0) is 24.1 Å². The van der Waals surface area contributed by atoms with Crippen molar-refractivity contribution < 1.29 is 4.79 Å². The normalized spacial score (nSPS) is 11.9. The lowest BCUT2D eigenvalue weighted by molar-refractivity contribution is -0.118. The molecular formula is C21H19N5OS2. The molecule has 0 spiro atoms. The van der Waals surface area contributed by atoms with E-state index in [4.69, 9.17) is 0 Å². The summed E-state index contributed by atoms with van der Waals surface area (Å²) >= 11 is 2.99. The summed E-state index contributed by atoms with van der Waals surface area (Å²) in [6.07, 6.45) is 5.74. The summed E-state index contributed by atoms with van der Waals surface area (Å²) in [4.78, 5) is 25.7. The number of aromatic nitrogens is 3. The van der Waals surface area contributed by atoms with Crippen LogP contribution in [0.5, 0.6) is 0 Å². The lowest BCUT2D eigenvalue weighted by Crippen LogP contribution is -2.41. The molecule has 4 rings (SSSR count). The molecule has 0 saturated heterocycles. The maximum atomic E-state index is 13.0. The minimum Gasteiger partial charge on any atom is -0.315 e. The van der Waals surface area contributed by atoms with Gasteiger partial charge >= 0.3 is 0 Å². The number of anilines is 1. The fourth-order valence-electron chi connectivity index (χ4n) is 2.83. The van der Waals surface area contributed by atoms with E-state index >= 15 is 0 Å². The minimum atomic E-state index is -0.384. The Balaban J connectivity index is 1.46. The predicted molar refractivity (Wildman–Crippen MR) is 117 cm³/mol. The number of carbonyl (C=O) groups excluding carboxylic acids is 1. The molecule has 1 amide bonds. The zero-order valence-corrected chi connectivity index (χ0v) is 17.1. The van der Waals surface area contributed by atoms with Crippen LogP contribution in [0.3, 0.4) is 0 Å². The SMILES string of the molecule is O=C(Nc1cnc(-c2ccncc2)s1)[C@H](Cc1ccccc1)NCc1cscn1. The van der Waals surface area contributed by atoms with Crippen LogP contribution in [0.25, 0.3) is 10.6 Å². The molecule has 0 fully saturated rings. The van der Waals surface area contributed by atoms with E-state index in [1.165, 1.54) is 11.3 Å². The maximum absolute atomic E-state index is 13.0. The third-order valence-corrected chi connectivity index (χ3v) is 5.89. The summed E-state index contributed by atoms with van der Waals surface area (Å²) in [5, 5.41) is 9.88. The van der Waals surface area contributed by atoms with E-state index in [1.54, 1.807) is 35.4 Å². The van der Waals surface area contributed by atoms with Gasteiger partial charge in [0, 0.05) is 29.9 Å². The minimum absolute atomic E-state index is 0.0889. The Morgan fingerprint density at radius 2 is 1.90 bits per heavy atom. The molecule has 0 radical (unpaired) electrons.